The fraction of sp³-hybridized carbons (Fsp3) is 0.312. The Morgan fingerprint density at radius 2 is 2.00 bits per heavy atom. The summed E-state index contributed by atoms with van der Waals surface area (Å²) in [6, 6.07) is 6.03. The highest BCUT2D eigenvalue weighted by Crippen LogP contribution is 2.35. The molecule has 0 radical (unpaired) electrons. The van der Waals surface area contributed by atoms with Crippen LogP contribution in [0.2, 0.25) is 0 Å². The van der Waals surface area contributed by atoms with Gasteiger partial charge in [-0.05, 0) is 17.7 Å². The highest BCUT2D eigenvalue weighted by atomic mass is 32.2. The van der Waals surface area contributed by atoms with E-state index in [4.69, 9.17) is 6.42 Å². The smallest absolute Gasteiger partial charge is 0.262 e. The summed E-state index contributed by atoms with van der Waals surface area (Å²) in [6.45, 7) is 0.497. The normalized spacial score (nSPS) is 22.1. The number of imidazole rings is 1. The SMILES string of the molecule is C#C[C@H]1CN(S(=O)(=O)c2cn(C)cn2)C[C@@H]1c1ccc(F)cc1. The van der Waals surface area contributed by atoms with Gasteiger partial charge in [0.15, 0.2) is 5.03 Å². The van der Waals surface area contributed by atoms with Crippen molar-refractivity contribution in [1.82, 2.24) is 13.9 Å². The van der Waals surface area contributed by atoms with E-state index in [1.54, 1.807) is 23.7 Å². The van der Waals surface area contributed by atoms with E-state index < -0.39 is 10.0 Å². The summed E-state index contributed by atoms with van der Waals surface area (Å²) in [5.74, 6) is 1.92. The number of hydrogen-bond donors (Lipinski definition) is 0. The molecule has 0 unspecified atom stereocenters. The van der Waals surface area contributed by atoms with E-state index in [9.17, 15) is 12.8 Å². The summed E-state index contributed by atoms with van der Waals surface area (Å²) in [5, 5.41) is 0.00975. The maximum absolute atomic E-state index is 13.1. The molecule has 120 valence electrons. The highest BCUT2D eigenvalue weighted by molar-refractivity contribution is 7.89. The van der Waals surface area contributed by atoms with Gasteiger partial charge in [-0.25, -0.2) is 17.8 Å². The van der Waals surface area contributed by atoms with Crippen LogP contribution in [-0.4, -0.2) is 35.4 Å². The van der Waals surface area contributed by atoms with E-state index in [2.05, 4.69) is 10.9 Å². The Bertz CT molecular complexity index is 852. The largest absolute Gasteiger partial charge is 0.339 e. The van der Waals surface area contributed by atoms with Crippen molar-refractivity contribution >= 4 is 10.0 Å². The Hall–Kier alpha value is -2.17. The molecule has 2 aromatic rings. The molecule has 1 fully saturated rings. The summed E-state index contributed by atoms with van der Waals surface area (Å²) in [5.41, 5.74) is 0.841. The van der Waals surface area contributed by atoms with Crippen molar-refractivity contribution in [3.05, 3.63) is 48.2 Å². The molecule has 7 heteroatoms. The lowest BCUT2D eigenvalue weighted by atomic mass is 9.90. The van der Waals surface area contributed by atoms with E-state index in [0.29, 0.717) is 0 Å². The molecule has 5 nitrogen and oxygen atoms in total. The van der Waals surface area contributed by atoms with Gasteiger partial charge in [0.1, 0.15) is 5.82 Å². The molecular weight excluding hydrogens is 317 g/mol. The molecule has 3 rings (SSSR count). The van der Waals surface area contributed by atoms with Crippen LogP contribution < -0.4 is 0 Å². The molecule has 2 heterocycles. The summed E-state index contributed by atoms with van der Waals surface area (Å²) >= 11 is 0. The van der Waals surface area contributed by atoms with Crippen LogP contribution in [0.5, 0.6) is 0 Å². The number of aryl methyl sites for hydroxylation is 1. The lowest BCUT2D eigenvalue weighted by Gasteiger charge is -2.15. The molecule has 1 aliphatic rings. The minimum absolute atomic E-state index is 0.00975. The maximum atomic E-state index is 13.1. The number of hydrogen-bond acceptors (Lipinski definition) is 3. The van der Waals surface area contributed by atoms with Gasteiger partial charge in [0.05, 0.1) is 6.33 Å². The quantitative estimate of drug-likeness (QED) is 0.802. The van der Waals surface area contributed by atoms with Gasteiger partial charge in [0, 0.05) is 38.2 Å². The van der Waals surface area contributed by atoms with Crippen LogP contribution in [0.4, 0.5) is 4.39 Å². The molecule has 1 aliphatic heterocycles. The van der Waals surface area contributed by atoms with Crippen molar-refractivity contribution in [3.8, 4) is 12.3 Å². The lowest BCUT2D eigenvalue weighted by molar-refractivity contribution is 0.467. The first-order valence-electron chi connectivity index (χ1n) is 7.11. The highest BCUT2D eigenvalue weighted by Gasteiger charge is 2.40. The van der Waals surface area contributed by atoms with Crippen molar-refractivity contribution in [2.75, 3.05) is 13.1 Å². The number of sulfonamides is 1. The fourth-order valence-electron chi connectivity index (χ4n) is 2.83. The molecule has 0 N–H and O–H groups in total. The van der Waals surface area contributed by atoms with Crippen LogP contribution in [0.1, 0.15) is 11.5 Å². The Balaban J connectivity index is 1.90. The van der Waals surface area contributed by atoms with E-state index in [1.807, 2.05) is 0 Å². The van der Waals surface area contributed by atoms with E-state index in [1.165, 1.54) is 29.0 Å². The Morgan fingerprint density at radius 1 is 1.30 bits per heavy atom. The van der Waals surface area contributed by atoms with Gasteiger partial charge in [-0.2, -0.15) is 4.31 Å². The summed E-state index contributed by atoms with van der Waals surface area (Å²) in [4.78, 5) is 3.92. The standard InChI is InChI=1S/C16H16FN3O2S/c1-3-12-8-20(23(21,22)16-10-19(2)11-18-16)9-15(12)13-4-6-14(17)7-5-13/h1,4-7,10-12,15H,8-9H2,2H3/t12-,15-/m0/s1. The topological polar surface area (TPSA) is 55.2 Å². The Labute approximate surface area is 134 Å². The van der Waals surface area contributed by atoms with Crippen molar-refractivity contribution in [2.45, 2.75) is 10.9 Å². The minimum atomic E-state index is -3.68. The first-order chi connectivity index (χ1) is 10.9. The van der Waals surface area contributed by atoms with Gasteiger partial charge in [0.2, 0.25) is 0 Å². The van der Waals surface area contributed by atoms with E-state index in [0.717, 1.165) is 5.56 Å². The summed E-state index contributed by atoms with van der Waals surface area (Å²) < 4.78 is 41.3. The lowest BCUT2D eigenvalue weighted by Crippen LogP contribution is -2.29. The molecular formula is C16H16FN3O2S. The number of benzene rings is 1. The molecule has 0 bridgehead atoms. The summed E-state index contributed by atoms with van der Waals surface area (Å²) in [7, 11) is -1.97. The predicted octanol–water partition coefficient (Wildman–Crippen LogP) is 1.60. The number of halogens is 1. The molecule has 1 aromatic carbocycles. The van der Waals surface area contributed by atoms with Crippen LogP contribution >= 0.6 is 0 Å². The molecule has 1 aromatic heterocycles. The van der Waals surface area contributed by atoms with Gasteiger partial charge in [0.25, 0.3) is 10.0 Å². The van der Waals surface area contributed by atoms with Crippen LogP contribution in [-0.2, 0) is 17.1 Å². The fourth-order valence-corrected chi connectivity index (χ4v) is 4.29. The second-order valence-corrected chi connectivity index (χ2v) is 7.52. The third kappa shape index (κ3) is 2.87. The first kappa shape index (κ1) is 15.7. The van der Waals surface area contributed by atoms with Gasteiger partial charge in [-0.1, -0.05) is 12.1 Å². The van der Waals surface area contributed by atoms with E-state index >= 15 is 0 Å². The maximum Gasteiger partial charge on any atom is 0.262 e. The van der Waals surface area contributed by atoms with Crippen LogP contribution in [0.15, 0.2) is 41.8 Å². The average molecular weight is 333 g/mol. The molecule has 1 saturated heterocycles. The molecule has 0 saturated carbocycles. The Morgan fingerprint density at radius 3 is 2.57 bits per heavy atom. The number of nitrogens with zero attached hydrogens (tertiary/aromatic N) is 3. The zero-order chi connectivity index (χ0) is 16.6. The minimum Gasteiger partial charge on any atom is -0.339 e. The molecule has 2 atom stereocenters. The second kappa shape index (κ2) is 5.80. The zero-order valence-corrected chi connectivity index (χ0v) is 13.4. The third-order valence-electron chi connectivity index (χ3n) is 4.08. The van der Waals surface area contributed by atoms with Crippen molar-refractivity contribution in [1.29, 1.82) is 0 Å². The number of terminal acetylenes is 1. The van der Waals surface area contributed by atoms with Gasteiger partial charge in [-0.3, -0.25) is 0 Å². The summed E-state index contributed by atoms with van der Waals surface area (Å²) in [6.07, 6.45) is 8.48. The monoisotopic (exact) mass is 333 g/mol. The van der Waals surface area contributed by atoms with Crippen molar-refractivity contribution < 1.29 is 12.8 Å². The van der Waals surface area contributed by atoms with E-state index in [-0.39, 0.29) is 35.8 Å². The van der Waals surface area contributed by atoms with Crippen molar-refractivity contribution in [3.63, 3.8) is 0 Å². The van der Waals surface area contributed by atoms with Crippen LogP contribution in [0.3, 0.4) is 0 Å². The van der Waals surface area contributed by atoms with Gasteiger partial charge in [-0.15, -0.1) is 12.3 Å². The predicted molar refractivity (Wildman–Crippen MR) is 83.4 cm³/mol. The molecule has 0 aliphatic carbocycles. The Kier molecular flexibility index (Phi) is 3.96. The van der Waals surface area contributed by atoms with Crippen LogP contribution in [0, 0.1) is 24.1 Å². The number of aromatic nitrogens is 2. The first-order valence-corrected chi connectivity index (χ1v) is 8.55. The molecule has 0 amide bonds. The number of rotatable bonds is 3. The zero-order valence-electron chi connectivity index (χ0n) is 12.6. The third-order valence-corrected chi connectivity index (χ3v) is 5.80. The average Bonchev–Trinajstić information content (AvgIpc) is 3.15. The van der Waals surface area contributed by atoms with Crippen LogP contribution in [0.25, 0.3) is 0 Å². The molecule has 23 heavy (non-hydrogen) atoms. The molecule has 0 spiro atoms. The van der Waals surface area contributed by atoms with Gasteiger partial charge < -0.3 is 4.57 Å². The second-order valence-electron chi connectivity index (χ2n) is 5.63. The van der Waals surface area contributed by atoms with Crippen molar-refractivity contribution in [2.24, 2.45) is 13.0 Å². The van der Waals surface area contributed by atoms with Gasteiger partial charge >= 0.3 is 0 Å².